The smallest absolute Gasteiger partial charge is 0.264 e. The number of carbonyl (C=O) groups excluding carboxylic acids is 2. The number of anilines is 1. The Labute approximate surface area is 259 Å². The lowest BCUT2D eigenvalue weighted by atomic mass is 10.1. The number of para-hydroxylation sites is 1. The number of hydrogen-bond donors (Lipinski definition) is 1. The predicted octanol–water partition coefficient (Wildman–Crippen LogP) is 5.54. The third-order valence-electron chi connectivity index (χ3n) is 7.14. The second kappa shape index (κ2) is 14.6. The van der Waals surface area contributed by atoms with Crippen molar-refractivity contribution >= 4 is 27.5 Å². The van der Waals surface area contributed by atoms with Gasteiger partial charge in [-0.15, -0.1) is 0 Å². The summed E-state index contributed by atoms with van der Waals surface area (Å²) in [5, 5.41) is 2.63. The number of aryl methyl sites for hydroxylation is 1. The molecular weight excluding hydrogens is 578 g/mol. The quantitative estimate of drug-likeness (QED) is 0.212. The summed E-state index contributed by atoms with van der Waals surface area (Å²) in [6.07, 6.45) is 0.331. The van der Waals surface area contributed by atoms with Crippen molar-refractivity contribution in [2.24, 2.45) is 0 Å². The van der Waals surface area contributed by atoms with Gasteiger partial charge in [0.15, 0.2) is 0 Å². The molecule has 44 heavy (non-hydrogen) atoms. The number of sulfonamides is 1. The maximum atomic E-state index is 14.1. The van der Waals surface area contributed by atoms with Gasteiger partial charge < -0.3 is 19.7 Å². The van der Waals surface area contributed by atoms with Gasteiger partial charge in [0.2, 0.25) is 11.8 Å². The van der Waals surface area contributed by atoms with Crippen LogP contribution >= 0.6 is 0 Å². The molecule has 0 bridgehead atoms. The highest BCUT2D eigenvalue weighted by Crippen LogP contribution is 2.29. The van der Waals surface area contributed by atoms with E-state index in [1.54, 1.807) is 62.6 Å². The summed E-state index contributed by atoms with van der Waals surface area (Å²) in [6.45, 7) is 3.24. The lowest BCUT2D eigenvalue weighted by molar-refractivity contribution is -0.140. The summed E-state index contributed by atoms with van der Waals surface area (Å²) >= 11 is 0. The molecule has 1 N–H and O–H groups in total. The SMILES string of the molecule is CC[C@@H](C(=O)NC)N(Cc1ccc(OC)cc1)C(=O)CN(c1ccc(Oc2ccccc2)cc1)S(=O)(=O)c1ccc(C)cc1. The molecule has 0 saturated heterocycles. The molecule has 4 rings (SSSR count). The number of hydrogen-bond acceptors (Lipinski definition) is 6. The second-order valence-corrected chi connectivity index (χ2v) is 12.0. The first kappa shape index (κ1) is 32.1. The van der Waals surface area contributed by atoms with Crippen molar-refractivity contribution in [3.05, 3.63) is 114 Å². The van der Waals surface area contributed by atoms with E-state index in [0.717, 1.165) is 15.4 Å². The van der Waals surface area contributed by atoms with Crippen LogP contribution in [-0.4, -0.2) is 51.9 Å². The van der Waals surface area contributed by atoms with Gasteiger partial charge in [-0.3, -0.25) is 13.9 Å². The van der Waals surface area contributed by atoms with Gasteiger partial charge in [-0.1, -0.05) is 55.0 Å². The minimum atomic E-state index is -4.18. The van der Waals surface area contributed by atoms with E-state index in [-0.39, 0.29) is 23.0 Å². The van der Waals surface area contributed by atoms with Gasteiger partial charge in [-0.25, -0.2) is 8.42 Å². The fraction of sp³-hybridized carbons (Fsp3) is 0.235. The topological polar surface area (TPSA) is 105 Å². The third-order valence-corrected chi connectivity index (χ3v) is 8.92. The van der Waals surface area contributed by atoms with E-state index in [1.807, 2.05) is 49.4 Å². The van der Waals surface area contributed by atoms with E-state index in [1.165, 1.54) is 24.1 Å². The van der Waals surface area contributed by atoms with E-state index < -0.39 is 28.5 Å². The first-order valence-electron chi connectivity index (χ1n) is 14.2. The molecule has 230 valence electrons. The number of amides is 2. The molecule has 0 fully saturated rings. The van der Waals surface area contributed by atoms with Crippen molar-refractivity contribution in [2.45, 2.75) is 37.8 Å². The van der Waals surface area contributed by atoms with E-state index in [4.69, 9.17) is 9.47 Å². The van der Waals surface area contributed by atoms with E-state index >= 15 is 0 Å². The van der Waals surface area contributed by atoms with Crippen molar-refractivity contribution in [3.8, 4) is 17.2 Å². The second-order valence-electron chi connectivity index (χ2n) is 10.1. The number of benzene rings is 4. The Morgan fingerprint density at radius 3 is 1.98 bits per heavy atom. The maximum absolute atomic E-state index is 14.1. The predicted molar refractivity (Wildman–Crippen MR) is 170 cm³/mol. The lowest BCUT2D eigenvalue weighted by Crippen LogP contribution is -2.51. The Morgan fingerprint density at radius 2 is 1.41 bits per heavy atom. The Morgan fingerprint density at radius 1 is 0.818 bits per heavy atom. The summed E-state index contributed by atoms with van der Waals surface area (Å²) < 4.78 is 40.3. The molecule has 9 nitrogen and oxygen atoms in total. The molecule has 0 radical (unpaired) electrons. The van der Waals surface area contributed by atoms with Crippen molar-refractivity contribution in [3.63, 3.8) is 0 Å². The first-order chi connectivity index (χ1) is 21.2. The van der Waals surface area contributed by atoms with Gasteiger partial charge in [-0.2, -0.15) is 0 Å². The van der Waals surface area contributed by atoms with Crippen LogP contribution in [0.4, 0.5) is 5.69 Å². The molecule has 0 unspecified atom stereocenters. The monoisotopic (exact) mass is 615 g/mol. The van der Waals surface area contributed by atoms with Crippen molar-refractivity contribution < 1.29 is 27.5 Å². The Balaban J connectivity index is 1.71. The van der Waals surface area contributed by atoms with Gasteiger partial charge in [0, 0.05) is 13.6 Å². The maximum Gasteiger partial charge on any atom is 0.264 e. The zero-order valence-corrected chi connectivity index (χ0v) is 26.1. The van der Waals surface area contributed by atoms with E-state index in [2.05, 4.69) is 5.32 Å². The molecule has 10 heteroatoms. The van der Waals surface area contributed by atoms with Gasteiger partial charge >= 0.3 is 0 Å². The molecule has 0 saturated carbocycles. The number of nitrogens with zero attached hydrogens (tertiary/aromatic N) is 2. The summed E-state index contributed by atoms with van der Waals surface area (Å²) in [6, 6.07) is 28.5. The number of nitrogens with one attached hydrogen (secondary N) is 1. The van der Waals surface area contributed by atoms with Crippen molar-refractivity contribution in [1.82, 2.24) is 10.2 Å². The molecule has 4 aromatic rings. The van der Waals surface area contributed by atoms with Crippen LogP contribution in [0.1, 0.15) is 24.5 Å². The van der Waals surface area contributed by atoms with Crippen LogP contribution < -0.4 is 19.1 Å². The minimum absolute atomic E-state index is 0.0422. The summed E-state index contributed by atoms with van der Waals surface area (Å²) in [5.74, 6) is 0.917. The average molecular weight is 616 g/mol. The molecule has 0 aliphatic rings. The fourth-order valence-electron chi connectivity index (χ4n) is 4.69. The molecule has 1 atom stereocenters. The van der Waals surface area contributed by atoms with Gasteiger partial charge in [0.05, 0.1) is 17.7 Å². The first-order valence-corrected chi connectivity index (χ1v) is 15.7. The zero-order chi connectivity index (χ0) is 31.7. The standard InChI is InChI=1S/C34H37N3O6S/c1-5-32(34(39)35-3)36(23-26-13-17-28(42-4)18-14-26)33(38)24-37(44(40,41)31-21-11-25(2)12-22-31)27-15-19-30(20-16-27)43-29-9-7-6-8-10-29/h6-22,32H,5,23-24H2,1-4H3,(H,35,39)/t32-/m0/s1. The van der Waals surface area contributed by atoms with Crippen LogP contribution in [0.15, 0.2) is 108 Å². The summed E-state index contributed by atoms with van der Waals surface area (Å²) in [5.41, 5.74) is 1.93. The molecule has 0 spiro atoms. The highest BCUT2D eigenvalue weighted by Gasteiger charge is 2.33. The molecule has 0 heterocycles. The number of carbonyl (C=O) groups is 2. The molecule has 4 aromatic carbocycles. The van der Waals surface area contributed by atoms with Gasteiger partial charge in [0.1, 0.15) is 29.8 Å². The zero-order valence-electron chi connectivity index (χ0n) is 25.3. The summed E-state index contributed by atoms with van der Waals surface area (Å²) in [4.78, 5) is 28.5. The van der Waals surface area contributed by atoms with Crippen LogP contribution in [0.2, 0.25) is 0 Å². The molecular formula is C34H37N3O6S. The highest BCUT2D eigenvalue weighted by atomic mass is 32.2. The molecule has 0 aliphatic carbocycles. The molecule has 0 aliphatic heterocycles. The molecule has 2 amide bonds. The molecule has 0 aromatic heterocycles. The average Bonchev–Trinajstić information content (AvgIpc) is 3.04. The highest BCUT2D eigenvalue weighted by molar-refractivity contribution is 7.92. The number of methoxy groups -OCH3 is 1. The van der Waals surface area contributed by atoms with Crippen molar-refractivity contribution in [2.75, 3.05) is 25.0 Å². The van der Waals surface area contributed by atoms with E-state index in [9.17, 15) is 18.0 Å². The number of rotatable bonds is 13. The minimum Gasteiger partial charge on any atom is -0.497 e. The number of likely N-dealkylation sites (N-methyl/N-ethyl adjacent to an activating group) is 1. The van der Waals surface area contributed by atoms with Crippen molar-refractivity contribution in [1.29, 1.82) is 0 Å². The van der Waals surface area contributed by atoms with Gasteiger partial charge in [0.25, 0.3) is 10.0 Å². The van der Waals surface area contributed by atoms with Gasteiger partial charge in [-0.05, 0) is 79.6 Å². The normalized spacial score (nSPS) is 11.7. The number of ether oxygens (including phenoxy) is 2. The Kier molecular flexibility index (Phi) is 10.6. The Hall–Kier alpha value is -4.83. The Bertz CT molecular complexity index is 1640. The van der Waals surface area contributed by atoms with Crippen LogP contribution in [0.3, 0.4) is 0 Å². The van der Waals surface area contributed by atoms with Crippen LogP contribution in [-0.2, 0) is 26.2 Å². The van der Waals surface area contributed by atoms with Crippen LogP contribution in [0, 0.1) is 6.92 Å². The van der Waals surface area contributed by atoms with Crippen LogP contribution in [0.5, 0.6) is 17.2 Å². The van der Waals surface area contributed by atoms with Crippen LogP contribution in [0.25, 0.3) is 0 Å². The summed E-state index contributed by atoms with van der Waals surface area (Å²) in [7, 11) is -1.11. The lowest BCUT2D eigenvalue weighted by Gasteiger charge is -2.33. The fourth-order valence-corrected chi connectivity index (χ4v) is 6.10. The largest absolute Gasteiger partial charge is 0.497 e. The third kappa shape index (κ3) is 7.76. The van der Waals surface area contributed by atoms with E-state index in [0.29, 0.717) is 23.7 Å².